The topological polar surface area (TPSA) is 21.8 Å². The Hall–Kier alpha value is 0.137. The fourth-order valence-corrected chi connectivity index (χ4v) is 3.76. The molecule has 1 saturated heterocycles. The molecule has 1 aliphatic carbocycles. The van der Waals surface area contributed by atoms with Crippen molar-refractivity contribution in [2.45, 2.75) is 82.9 Å². The smallest absolute Gasteiger partial charge is 0.192 e. The monoisotopic (exact) mass is 242 g/mol. The third kappa shape index (κ3) is 2.09. The van der Waals surface area contributed by atoms with Crippen LogP contribution in [0.15, 0.2) is 0 Å². The third-order valence-corrected chi connectivity index (χ3v) is 9.20. The summed E-state index contributed by atoms with van der Waals surface area (Å²) < 4.78 is 12.3. The van der Waals surface area contributed by atoms with Gasteiger partial charge in [-0.2, -0.15) is 0 Å². The maximum Gasteiger partial charge on any atom is 0.192 e. The minimum absolute atomic E-state index is 0.158. The Morgan fingerprint density at radius 1 is 1.31 bits per heavy atom. The van der Waals surface area contributed by atoms with Gasteiger partial charge in [0.1, 0.15) is 6.10 Å². The summed E-state index contributed by atoms with van der Waals surface area (Å²) >= 11 is 0. The van der Waals surface area contributed by atoms with E-state index >= 15 is 0 Å². The van der Waals surface area contributed by atoms with Crippen molar-refractivity contribution in [3.05, 3.63) is 0 Å². The molecular formula is C13H26O2Si. The molecule has 0 aromatic carbocycles. The molecular weight excluding hydrogens is 216 g/mol. The molecule has 2 aliphatic rings. The summed E-state index contributed by atoms with van der Waals surface area (Å²) in [5.41, 5.74) is 0.158. The van der Waals surface area contributed by atoms with Crippen LogP contribution in [-0.2, 0) is 9.16 Å². The number of epoxide rings is 1. The van der Waals surface area contributed by atoms with Crippen LogP contribution in [0.5, 0.6) is 0 Å². The molecule has 0 N–H and O–H groups in total. The van der Waals surface area contributed by atoms with Gasteiger partial charge in [-0.3, -0.25) is 0 Å². The zero-order valence-electron chi connectivity index (χ0n) is 11.6. The molecule has 0 aromatic rings. The lowest BCUT2D eigenvalue weighted by Crippen LogP contribution is -2.46. The molecule has 94 valence electrons. The van der Waals surface area contributed by atoms with Gasteiger partial charge in [0, 0.05) is 0 Å². The van der Waals surface area contributed by atoms with Crippen molar-refractivity contribution in [2.24, 2.45) is 0 Å². The van der Waals surface area contributed by atoms with E-state index in [9.17, 15) is 0 Å². The van der Waals surface area contributed by atoms with Gasteiger partial charge in [0.2, 0.25) is 0 Å². The van der Waals surface area contributed by atoms with Crippen molar-refractivity contribution >= 4 is 8.32 Å². The first-order valence-corrected chi connectivity index (χ1v) is 9.42. The number of rotatable bonds is 2. The van der Waals surface area contributed by atoms with Gasteiger partial charge in [0.15, 0.2) is 8.32 Å². The second-order valence-electron chi connectivity index (χ2n) is 7.16. The fraction of sp³-hybridized carbons (Fsp3) is 1.00. The van der Waals surface area contributed by atoms with Gasteiger partial charge in [-0.05, 0) is 44.3 Å². The Morgan fingerprint density at radius 2 is 1.94 bits per heavy atom. The van der Waals surface area contributed by atoms with Gasteiger partial charge < -0.3 is 9.16 Å². The molecule has 0 amide bonds. The van der Waals surface area contributed by atoms with Crippen LogP contribution in [0.2, 0.25) is 18.1 Å². The number of hydrogen-bond acceptors (Lipinski definition) is 2. The summed E-state index contributed by atoms with van der Waals surface area (Å²) in [7, 11) is -1.62. The van der Waals surface area contributed by atoms with Gasteiger partial charge >= 0.3 is 0 Å². The lowest BCUT2D eigenvalue weighted by Gasteiger charge is -2.40. The molecule has 2 nitrogen and oxygen atoms in total. The first-order chi connectivity index (χ1) is 7.16. The molecule has 3 atom stereocenters. The van der Waals surface area contributed by atoms with E-state index in [1.807, 2.05) is 0 Å². The van der Waals surface area contributed by atoms with Crippen LogP contribution in [0.3, 0.4) is 0 Å². The summed E-state index contributed by atoms with van der Waals surface area (Å²) in [4.78, 5) is 0. The Balaban J connectivity index is 2.00. The van der Waals surface area contributed by atoms with E-state index in [0.717, 1.165) is 0 Å². The summed E-state index contributed by atoms with van der Waals surface area (Å²) in [5.74, 6) is 0. The highest BCUT2D eigenvalue weighted by molar-refractivity contribution is 6.74. The van der Waals surface area contributed by atoms with Crippen LogP contribution in [0.4, 0.5) is 0 Å². The molecule has 3 heteroatoms. The van der Waals surface area contributed by atoms with Crippen molar-refractivity contribution in [1.29, 1.82) is 0 Å². The fourth-order valence-electron chi connectivity index (χ4n) is 2.41. The number of hydrogen-bond donors (Lipinski definition) is 0. The van der Waals surface area contributed by atoms with Gasteiger partial charge in [-0.15, -0.1) is 0 Å². The van der Waals surface area contributed by atoms with Gasteiger partial charge in [-0.25, -0.2) is 0 Å². The predicted molar refractivity (Wildman–Crippen MR) is 69.2 cm³/mol. The van der Waals surface area contributed by atoms with E-state index in [1.165, 1.54) is 19.3 Å². The molecule has 2 rings (SSSR count). The summed E-state index contributed by atoms with van der Waals surface area (Å²) in [6, 6.07) is 0. The molecule has 16 heavy (non-hydrogen) atoms. The van der Waals surface area contributed by atoms with E-state index in [1.54, 1.807) is 0 Å². The average Bonchev–Trinajstić information content (AvgIpc) is 2.75. The highest BCUT2D eigenvalue weighted by atomic mass is 28.4. The van der Waals surface area contributed by atoms with E-state index in [0.29, 0.717) is 17.2 Å². The molecule has 0 radical (unpaired) electrons. The molecule has 0 unspecified atom stereocenters. The summed E-state index contributed by atoms with van der Waals surface area (Å²) in [6.07, 6.45) is 4.41. The first kappa shape index (κ1) is 12.6. The van der Waals surface area contributed by atoms with Crippen molar-refractivity contribution in [1.82, 2.24) is 0 Å². The van der Waals surface area contributed by atoms with E-state index in [4.69, 9.17) is 9.16 Å². The van der Waals surface area contributed by atoms with Crippen molar-refractivity contribution < 1.29 is 9.16 Å². The predicted octanol–water partition coefficient (Wildman–Crippen LogP) is 3.72. The largest absolute Gasteiger partial charge is 0.411 e. The second kappa shape index (κ2) is 3.56. The van der Waals surface area contributed by atoms with Crippen LogP contribution in [0.25, 0.3) is 0 Å². The lowest BCUT2D eigenvalue weighted by atomic mass is 9.89. The van der Waals surface area contributed by atoms with Gasteiger partial charge in [0.05, 0.1) is 11.7 Å². The third-order valence-electron chi connectivity index (χ3n) is 4.69. The highest BCUT2D eigenvalue weighted by Gasteiger charge is 2.59. The van der Waals surface area contributed by atoms with E-state index in [-0.39, 0.29) is 5.60 Å². The normalized spacial score (nSPS) is 39.4. The molecule has 1 saturated carbocycles. The maximum atomic E-state index is 6.48. The van der Waals surface area contributed by atoms with Gasteiger partial charge in [-0.1, -0.05) is 20.8 Å². The molecule has 0 aromatic heterocycles. The maximum absolute atomic E-state index is 6.48. The standard InChI is InChI=1S/C13H26O2Si/c1-12(2,3)16(5,6)15-10-8-7-9-13(4)11(10)14-13/h10-11H,7-9H2,1-6H3/t10-,11+,13-/m1/s1. The first-order valence-electron chi connectivity index (χ1n) is 6.51. The molecule has 2 fully saturated rings. The number of ether oxygens (including phenoxy) is 1. The van der Waals surface area contributed by atoms with E-state index in [2.05, 4.69) is 40.8 Å². The SMILES string of the molecule is CC(C)(C)[Si](C)(C)O[C@@H]1CCC[C@@]2(C)O[C@@H]12. The quantitative estimate of drug-likeness (QED) is 0.544. The van der Waals surface area contributed by atoms with Crippen LogP contribution < -0.4 is 0 Å². The minimum atomic E-state index is -1.62. The molecule has 0 bridgehead atoms. The minimum Gasteiger partial charge on any atom is -0.411 e. The Kier molecular flexibility index (Phi) is 2.80. The summed E-state index contributed by atoms with van der Waals surface area (Å²) in [5, 5.41) is 0.301. The Morgan fingerprint density at radius 3 is 2.50 bits per heavy atom. The second-order valence-corrected chi connectivity index (χ2v) is 11.9. The summed E-state index contributed by atoms with van der Waals surface area (Å²) in [6.45, 7) is 13.8. The van der Waals surface area contributed by atoms with Crippen molar-refractivity contribution in [3.63, 3.8) is 0 Å². The average molecular weight is 242 g/mol. The van der Waals surface area contributed by atoms with E-state index < -0.39 is 8.32 Å². The van der Waals surface area contributed by atoms with Crippen LogP contribution in [0, 0.1) is 0 Å². The lowest BCUT2D eigenvalue weighted by molar-refractivity contribution is 0.131. The number of fused-ring (bicyclic) bond motifs is 1. The van der Waals surface area contributed by atoms with Gasteiger partial charge in [0.25, 0.3) is 0 Å². The van der Waals surface area contributed by atoms with Crippen LogP contribution in [-0.4, -0.2) is 26.1 Å². The Labute approximate surface area is 101 Å². The van der Waals surface area contributed by atoms with Crippen LogP contribution >= 0.6 is 0 Å². The molecule has 1 heterocycles. The zero-order valence-corrected chi connectivity index (χ0v) is 12.6. The van der Waals surface area contributed by atoms with Crippen molar-refractivity contribution in [2.75, 3.05) is 0 Å². The Bertz CT molecular complexity index is 282. The molecule has 1 aliphatic heterocycles. The zero-order chi connectivity index (χ0) is 12.2. The highest BCUT2D eigenvalue weighted by Crippen LogP contribution is 2.50. The van der Waals surface area contributed by atoms with Crippen molar-refractivity contribution in [3.8, 4) is 0 Å². The molecule has 0 spiro atoms. The van der Waals surface area contributed by atoms with Crippen LogP contribution in [0.1, 0.15) is 47.0 Å².